The van der Waals surface area contributed by atoms with Gasteiger partial charge in [-0.3, -0.25) is 9.59 Å². The molecule has 106 valence electrons. The third-order valence-electron chi connectivity index (χ3n) is 3.65. The largest absolute Gasteiger partial charge is 0.336 e. The predicted molar refractivity (Wildman–Crippen MR) is 83.9 cm³/mol. The van der Waals surface area contributed by atoms with E-state index in [1.54, 1.807) is 7.05 Å². The molecule has 0 saturated carbocycles. The minimum Gasteiger partial charge on any atom is -0.336 e. The van der Waals surface area contributed by atoms with Crippen LogP contribution >= 0.6 is 11.8 Å². The summed E-state index contributed by atoms with van der Waals surface area (Å²) in [5.74, 6) is 5.91. The van der Waals surface area contributed by atoms with Gasteiger partial charge in [-0.1, -0.05) is 18.1 Å². The highest BCUT2D eigenvalue weighted by molar-refractivity contribution is 8.26. The Morgan fingerprint density at radius 1 is 1.29 bits per heavy atom. The summed E-state index contributed by atoms with van der Waals surface area (Å²) in [5, 5.41) is 0.685. The highest BCUT2D eigenvalue weighted by Crippen LogP contribution is 2.38. The number of hydrogen-bond acceptors (Lipinski definition) is 3. The van der Waals surface area contributed by atoms with Crippen molar-refractivity contribution < 1.29 is 9.59 Å². The maximum Gasteiger partial charge on any atom is 0.289 e. The van der Waals surface area contributed by atoms with E-state index < -0.39 is 6.04 Å². The van der Waals surface area contributed by atoms with Crippen molar-refractivity contribution in [1.29, 1.82) is 0 Å². The number of aromatic nitrogens is 1. The summed E-state index contributed by atoms with van der Waals surface area (Å²) >= 11 is 0.780. The number of rotatable bonds is 2. The molecule has 1 unspecified atom stereocenters. The molecule has 4 nitrogen and oxygen atoms in total. The lowest BCUT2D eigenvalue weighted by atomic mass is 10.0. The van der Waals surface area contributed by atoms with E-state index in [-0.39, 0.29) is 10.4 Å². The van der Waals surface area contributed by atoms with Gasteiger partial charge >= 0.3 is 0 Å². The molecule has 21 heavy (non-hydrogen) atoms. The van der Waals surface area contributed by atoms with Crippen molar-refractivity contribution in [3.05, 3.63) is 36.0 Å². The van der Waals surface area contributed by atoms with Crippen LogP contribution in [0.4, 0.5) is 4.79 Å². The zero-order valence-corrected chi connectivity index (χ0v) is 12.6. The Morgan fingerprint density at radius 2 is 2.10 bits per heavy atom. The van der Waals surface area contributed by atoms with Gasteiger partial charge in [0.15, 0.2) is 0 Å². The summed E-state index contributed by atoms with van der Waals surface area (Å²) in [5.41, 5.74) is 1.90. The zero-order chi connectivity index (χ0) is 15.0. The van der Waals surface area contributed by atoms with Crippen LogP contribution in [0.25, 0.3) is 10.9 Å². The molecule has 0 bridgehead atoms. The topological polar surface area (TPSA) is 42.3 Å². The first kappa shape index (κ1) is 13.8. The molecule has 0 radical (unpaired) electrons. The van der Waals surface area contributed by atoms with Gasteiger partial charge < -0.3 is 9.47 Å². The van der Waals surface area contributed by atoms with E-state index in [1.165, 1.54) is 4.90 Å². The molecule has 1 fully saturated rings. The Labute approximate surface area is 127 Å². The Bertz CT molecular complexity index is 797. The van der Waals surface area contributed by atoms with Crippen molar-refractivity contribution in [3.8, 4) is 11.8 Å². The molecule has 1 aliphatic heterocycles. The Morgan fingerprint density at radius 3 is 2.76 bits per heavy atom. The lowest BCUT2D eigenvalue weighted by Gasteiger charge is -2.18. The van der Waals surface area contributed by atoms with Crippen molar-refractivity contribution in [3.63, 3.8) is 0 Å². The molecule has 1 saturated heterocycles. The van der Waals surface area contributed by atoms with Crippen molar-refractivity contribution in [2.75, 3.05) is 7.05 Å². The van der Waals surface area contributed by atoms with Gasteiger partial charge in [0.25, 0.3) is 5.24 Å². The molecule has 0 spiro atoms. The molecule has 5 heteroatoms. The fraction of sp³-hybridized carbons (Fsp3) is 0.250. The average molecular weight is 298 g/mol. The number of carbonyl (C=O) groups excluding carboxylic acids is 2. The van der Waals surface area contributed by atoms with Crippen LogP contribution in [0.1, 0.15) is 18.5 Å². The smallest absolute Gasteiger partial charge is 0.289 e. The van der Waals surface area contributed by atoms with Gasteiger partial charge in [0, 0.05) is 35.9 Å². The Hall–Kier alpha value is -2.19. The van der Waals surface area contributed by atoms with Crippen LogP contribution in [0.3, 0.4) is 0 Å². The number of carbonyl (C=O) groups is 2. The maximum atomic E-state index is 12.1. The molecule has 2 heterocycles. The monoisotopic (exact) mass is 298 g/mol. The lowest BCUT2D eigenvalue weighted by molar-refractivity contribution is -0.113. The highest BCUT2D eigenvalue weighted by atomic mass is 32.2. The number of fused-ring (bicyclic) bond motifs is 1. The number of likely N-dealkylation sites (N-methyl/N-ethyl adjacent to an activating group) is 1. The molecule has 0 N–H and O–H groups in total. The van der Waals surface area contributed by atoms with Gasteiger partial charge in [-0.25, -0.2) is 0 Å². The first-order chi connectivity index (χ1) is 10.1. The van der Waals surface area contributed by atoms with E-state index in [1.807, 2.05) is 42.0 Å². The first-order valence-electron chi connectivity index (χ1n) is 6.59. The minimum absolute atomic E-state index is 0.115. The highest BCUT2D eigenvalue weighted by Gasteiger charge is 2.39. The van der Waals surface area contributed by atoms with Gasteiger partial charge in [0.2, 0.25) is 5.12 Å². The second kappa shape index (κ2) is 5.30. The summed E-state index contributed by atoms with van der Waals surface area (Å²) < 4.78 is 2.05. The van der Waals surface area contributed by atoms with Crippen molar-refractivity contribution in [1.82, 2.24) is 9.47 Å². The fourth-order valence-corrected chi connectivity index (χ4v) is 3.42. The van der Waals surface area contributed by atoms with Gasteiger partial charge in [-0.05, 0) is 24.6 Å². The summed E-state index contributed by atoms with van der Waals surface area (Å²) in [6, 6.07) is 7.32. The Balaban J connectivity index is 2.11. The summed E-state index contributed by atoms with van der Waals surface area (Å²) in [4.78, 5) is 25.3. The molecule has 1 amide bonds. The molecule has 1 aliphatic rings. The van der Waals surface area contributed by atoms with Gasteiger partial charge in [0.05, 0.1) is 6.54 Å². The SMILES string of the molecule is CC#CCn1ccc2c(C3C(=O)SC(=O)N3C)cccc21. The molecule has 0 aliphatic carbocycles. The van der Waals surface area contributed by atoms with Crippen LogP contribution in [0.15, 0.2) is 30.5 Å². The number of hydrogen-bond donors (Lipinski definition) is 0. The second-order valence-corrected chi connectivity index (χ2v) is 5.81. The molecule has 1 atom stereocenters. The van der Waals surface area contributed by atoms with Crippen LogP contribution in [-0.4, -0.2) is 26.9 Å². The van der Waals surface area contributed by atoms with Gasteiger partial charge in [-0.15, -0.1) is 5.92 Å². The summed E-state index contributed by atoms with van der Waals surface area (Å²) in [7, 11) is 1.67. The van der Waals surface area contributed by atoms with Gasteiger partial charge in [0.1, 0.15) is 6.04 Å². The molecule has 1 aromatic carbocycles. The number of benzene rings is 1. The van der Waals surface area contributed by atoms with Crippen molar-refractivity contribution in [2.24, 2.45) is 0 Å². The van der Waals surface area contributed by atoms with Crippen LogP contribution in [-0.2, 0) is 11.3 Å². The fourth-order valence-electron chi connectivity index (χ4n) is 2.60. The average Bonchev–Trinajstić information content (AvgIpc) is 2.99. The summed E-state index contributed by atoms with van der Waals surface area (Å²) in [6.45, 7) is 2.43. The van der Waals surface area contributed by atoms with Crippen LogP contribution in [0, 0.1) is 11.8 Å². The number of thioether (sulfide) groups is 1. The number of nitrogens with zero attached hydrogens (tertiary/aromatic N) is 2. The lowest BCUT2D eigenvalue weighted by Crippen LogP contribution is -2.23. The van der Waals surface area contributed by atoms with E-state index in [4.69, 9.17) is 0 Å². The van der Waals surface area contributed by atoms with E-state index in [2.05, 4.69) is 11.8 Å². The molecule has 1 aromatic heterocycles. The van der Waals surface area contributed by atoms with Crippen LogP contribution in [0.5, 0.6) is 0 Å². The molecular formula is C16H14N2O2S. The standard InChI is InChI=1S/C16H14N2O2S/c1-3-4-9-18-10-8-11-12(6-5-7-13(11)18)14-15(19)21-16(20)17(14)2/h5-8,10,14H,9H2,1-2H3. The van der Waals surface area contributed by atoms with E-state index in [0.29, 0.717) is 6.54 Å². The van der Waals surface area contributed by atoms with E-state index >= 15 is 0 Å². The molecule has 2 aromatic rings. The predicted octanol–water partition coefficient (Wildman–Crippen LogP) is 3.03. The van der Waals surface area contributed by atoms with Crippen molar-refractivity contribution >= 4 is 33.0 Å². The van der Waals surface area contributed by atoms with Crippen LogP contribution in [0.2, 0.25) is 0 Å². The zero-order valence-electron chi connectivity index (χ0n) is 11.8. The van der Waals surface area contributed by atoms with E-state index in [0.717, 1.165) is 28.2 Å². The number of amides is 1. The maximum absolute atomic E-state index is 12.1. The third kappa shape index (κ3) is 2.22. The first-order valence-corrected chi connectivity index (χ1v) is 7.41. The van der Waals surface area contributed by atoms with Gasteiger partial charge in [-0.2, -0.15) is 0 Å². The molecule has 3 rings (SSSR count). The van der Waals surface area contributed by atoms with Crippen molar-refractivity contribution in [2.45, 2.75) is 19.5 Å². The third-order valence-corrected chi connectivity index (χ3v) is 4.54. The van der Waals surface area contributed by atoms with E-state index in [9.17, 15) is 9.59 Å². The Kier molecular flexibility index (Phi) is 3.48. The normalized spacial score (nSPS) is 18.2. The quantitative estimate of drug-likeness (QED) is 0.800. The second-order valence-electron chi connectivity index (χ2n) is 4.85. The molecular weight excluding hydrogens is 284 g/mol. The summed E-state index contributed by atoms with van der Waals surface area (Å²) in [6.07, 6.45) is 1.97. The van der Waals surface area contributed by atoms with Crippen LogP contribution < -0.4 is 0 Å². The minimum atomic E-state index is -0.501.